The Hall–Kier alpha value is -0.590. The molecule has 1 saturated carbocycles. The monoisotopic (exact) mass is 222 g/mol. The van der Waals surface area contributed by atoms with Gasteiger partial charge in [0.25, 0.3) is 0 Å². The molecule has 2 aliphatic carbocycles. The van der Waals surface area contributed by atoms with Gasteiger partial charge in [-0.05, 0) is 43.3 Å². The highest BCUT2D eigenvalue weighted by atomic mass is 19.1. The Morgan fingerprint density at radius 3 is 2.38 bits per heavy atom. The number of allylic oxidation sites excluding steroid dienone is 4. The lowest BCUT2D eigenvalue weighted by Crippen LogP contribution is -2.28. The Bertz CT molecular complexity index is 303. The molecule has 1 heteroatoms. The van der Waals surface area contributed by atoms with E-state index in [0.29, 0.717) is 5.92 Å². The third kappa shape index (κ3) is 2.39. The van der Waals surface area contributed by atoms with Crippen molar-refractivity contribution in [3.8, 4) is 0 Å². The number of hydrogen-bond donors (Lipinski definition) is 0. The van der Waals surface area contributed by atoms with Gasteiger partial charge < -0.3 is 0 Å². The lowest BCUT2D eigenvalue weighted by molar-refractivity contribution is 0.195. The average Bonchev–Trinajstić information content (AvgIpc) is 2.23. The minimum atomic E-state index is -1.15. The summed E-state index contributed by atoms with van der Waals surface area (Å²) in [5.74, 6) is 1.48. The molecule has 2 atom stereocenters. The van der Waals surface area contributed by atoms with Crippen LogP contribution in [0.4, 0.5) is 4.39 Å². The topological polar surface area (TPSA) is 0 Å². The van der Waals surface area contributed by atoms with Crippen LogP contribution in [0, 0.1) is 17.8 Å². The number of halogens is 1. The van der Waals surface area contributed by atoms with Gasteiger partial charge in [-0.3, -0.25) is 0 Å². The molecular formula is C15H23F. The molecule has 2 aliphatic rings. The molecule has 0 N–H and O–H groups in total. The van der Waals surface area contributed by atoms with Crippen molar-refractivity contribution in [2.75, 3.05) is 0 Å². The standard InChI is InChI=1S/C15H23F/c1-11-4-7-13(8-5-11)14-9-6-12(2)15(3,16)10-14/h6,9-13H,4-5,7-8H2,1-3H3. The summed E-state index contributed by atoms with van der Waals surface area (Å²) in [6.45, 7) is 5.97. The van der Waals surface area contributed by atoms with Gasteiger partial charge in [0, 0.05) is 5.92 Å². The number of alkyl halides is 1. The van der Waals surface area contributed by atoms with E-state index < -0.39 is 5.67 Å². The molecule has 2 unspecified atom stereocenters. The van der Waals surface area contributed by atoms with Gasteiger partial charge in [0.05, 0.1) is 0 Å². The van der Waals surface area contributed by atoms with Crippen LogP contribution < -0.4 is 0 Å². The van der Waals surface area contributed by atoms with Crippen molar-refractivity contribution in [2.45, 2.75) is 52.1 Å². The summed E-state index contributed by atoms with van der Waals surface area (Å²) < 4.78 is 14.2. The molecule has 0 aromatic rings. The zero-order valence-corrected chi connectivity index (χ0v) is 10.7. The smallest absolute Gasteiger partial charge is 0.132 e. The maximum absolute atomic E-state index is 14.2. The molecule has 0 bridgehead atoms. The summed E-state index contributed by atoms with van der Waals surface area (Å²) in [7, 11) is 0. The van der Waals surface area contributed by atoms with E-state index >= 15 is 0 Å². The Balaban J connectivity index is 2.08. The van der Waals surface area contributed by atoms with Crippen LogP contribution in [0.15, 0.2) is 23.8 Å². The normalized spacial score (nSPS) is 44.2. The summed E-state index contributed by atoms with van der Waals surface area (Å²) in [5, 5.41) is 0. The molecule has 0 aromatic carbocycles. The van der Waals surface area contributed by atoms with Crippen LogP contribution in [0.1, 0.15) is 46.5 Å². The Morgan fingerprint density at radius 1 is 1.19 bits per heavy atom. The van der Waals surface area contributed by atoms with Crippen molar-refractivity contribution in [3.05, 3.63) is 23.8 Å². The first-order chi connectivity index (χ1) is 7.49. The first-order valence-corrected chi connectivity index (χ1v) is 6.59. The molecule has 90 valence electrons. The summed E-state index contributed by atoms with van der Waals surface area (Å²) >= 11 is 0. The van der Waals surface area contributed by atoms with Gasteiger partial charge in [-0.2, -0.15) is 0 Å². The van der Waals surface area contributed by atoms with Crippen molar-refractivity contribution in [1.29, 1.82) is 0 Å². The highest BCUT2D eigenvalue weighted by Gasteiger charge is 2.32. The molecule has 0 spiro atoms. The minimum absolute atomic E-state index is 0.0127. The summed E-state index contributed by atoms with van der Waals surface area (Å²) in [5.41, 5.74) is 0.0997. The van der Waals surface area contributed by atoms with E-state index in [-0.39, 0.29) is 5.92 Å². The lowest BCUT2D eigenvalue weighted by Gasteiger charge is -2.32. The zero-order valence-electron chi connectivity index (χ0n) is 10.7. The fourth-order valence-electron chi connectivity index (χ4n) is 2.80. The van der Waals surface area contributed by atoms with Crippen molar-refractivity contribution < 1.29 is 4.39 Å². The van der Waals surface area contributed by atoms with E-state index in [4.69, 9.17) is 0 Å². The highest BCUT2D eigenvalue weighted by Crippen LogP contribution is 2.38. The van der Waals surface area contributed by atoms with Gasteiger partial charge in [0.1, 0.15) is 5.67 Å². The number of rotatable bonds is 1. The van der Waals surface area contributed by atoms with Crippen LogP contribution in [-0.2, 0) is 0 Å². The molecule has 2 rings (SSSR count). The maximum Gasteiger partial charge on any atom is 0.132 e. The van der Waals surface area contributed by atoms with Gasteiger partial charge in [0.2, 0.25) is 0 Å². The molecule has 0 aromatic heterocycles. The van der Waals surface area contributed by atoms with Crippen molar-refractivity contribution in [3.63, 3.8) is 0 Å². The zero-order chi connectivity index (χ0) is 11.8. The average molecular weight is 222 g/mol. The van der Waals surface area contributed by atoms with Crippen LogP contribution in [0.25, 0.3) is 0 Å². The van der Waals surface area contributed by atoms with Gasteiger partial charge in [-0.15, -0.1) is 0 Å². The first-order valence-electron chi connectivity index (χ1n) is 6.59. The van der Waals surface area contributed by atoms with Gasteiger partial charge in [-0.1, -0.05) is 38.8 Å². The lowest BCUT2D eigenvalue weighted by atomic mass is 9.75. The fraction of sp³-hybridized carbons (Fsp3) is 0.733. The third-order valence-corrected chi connectivity index (χ3v) is 4.40. The van der Waals surface area contributed by atoms with E-state index in [1.165, 1.54) is 31.3 Å². The van der Waals surface area contributed by atoms with Gasteiger partial charge >= 0.3 is 0 Å². The second-order valence-corrected chi connectivity index (χ2v) is 5.90. The molecule has 1 fully saturated rings. The molecular weight excluding hydrogens is 199 g/mol. The van der Waals surface area contributed by atoms with Crippen LogP contribution in [0.2, 0.25) is 0 Å². The van der Waals surface area contributed by atoms with Crippen LogP contribution in [0.3, 0.4) is 0 Å². The molecule has 0 radical (unpaired) electrons. The molecule has 0 nitrogen and oxygen atoms in total. The van der Waals surface area contributed by atoms with E-state index in [0.717, 1.165) is 5.92 Å². The van der Waals surface area contributed by atoms with E-state index in [1.807, 2.05) is 19.1 Å². The fourth-order valence-corrected chi connectivity index (χ4v) is 2.80. The van der Waals surface area contributed by atoms with Crippen LogP contribution in [-0.4, -0.2) is 5.67 Å². The van der Waals surface area contributed by atoms with Crippen LogP contribution >= 0.6 is 0 Å². The van der Waals surface area contributed by atoms with Gasteiger partial charge in [0.15, 0.2) is 0 Å². The highest BCUT2D eigenvalue weighted by molar-refractivity contribution is 5.31. The number of hydrogen-bond acceptors (Lipinski definition) is 0. The van der Waals surface area contributed by atoms with Gasteiger partial charge in [-0.25, -0.2) is 4.39 Å². The SMILES string of the molecule is CC1CCC(C2=CC(C)(F)C(C)C=C2)CC1. The first kappa shape index (κ1) is 11.9. The van der Waals surface area contributed by atoms with Crippen molar-refractivity contribution in [1.82, 2.24) is 0 Å². The second-order valence-electron chi connectivity index (χ2n) is 5.90. The molecule has 0 saturated heterocycles. The summed E-state index contributed by atoms with van der Waals surface area (Å²) in [6, 6.07) is 0. The van der Waals surface area contributed by atoms with Crippen molar-refractivity contribution >= 4 is 0 Å². The van der Waals surface area contributed by atoms with E-state index in [9.17, 15) is 4.39 Å². The minimum Gasteiger partial charge on any atom is -0.239 e. The molecule has 0 heterocycles. The van der Waals surface area contributed by atoms with E-state index in [1.54, 1.807) is 6.92 Å². The maximum atomic E-state index is 14.2. The summed E-state index contributed by atoms with van der Waals surface area (Å²) in [4.78, 5) is 0. The van der Waals surface area contributed by atoms with Crippen LogP contribution in [0.5, 0.6) is 0 Å². The Kier molecular flexibility index (Phi) is 3.23. The Morgan fingerprint density at radius 2 is 1.81 bits per heavy atom. The molecule has 0 aliphatic heterocycles. The quantitative estimate of drug-likeness (QED) is 0.604. The summed E-state index contributed by atoms with van der Waals surface area (Å²) in [6.07, 6.45) is 11.1. The largest absolute Gasteiger partial charge is 0.239 e. The third-order valence-electron chi connectivity index (χ3n) is 4.40. The molecule has 0 amide bonds. The second kappa shape index (κ2) is 4.35. The van der Waals surface area contributed by atoms with E-state index in [2.05, 4.69) is 13.0 Å². The predicted molar refractivity (Wildman–Crippen MR) is 67.0 cm³/mol. The molecule has 16 heavy (non-hydrogen) atoms. The Labute approximate surface area is 98.6 Å². The van der Waals surface area contributed by atoms with Crippen molar-refractivity contribution in [2.24, 2.45) is 17.8 Å². The predicted octanol–water partition coefficient (Wildman–Crippen LogP) is 4.67.